The molecule has 0 amide bonds. The Morgan fingerprint density at radius 1 is 0.902 bits per heavy atom. The van der Waals surface area contributed by atoms with Crippen LogP contribution < -0.4 is 5.32 Å². The third-order valence-corrected chi connectivity index (χ3v) is 14.0. The number of cyclic esters (lactones) is 1. The lowest BCUT2D eigenvalue weighted by molar-refractivity contribution is -0.318. The summed E-state index contributed by atoms with van der Waals surface area (Å²) in [5, 5.41) is 38.0. The predicted octanol–water partition coefficient (Wildman–Crippen LogP) is 3.77. The van der Waals surface area contributed by atoms with Gasteiger partial charge in [-0.05, 0) is 86.9 Å². The van der Waals surface area contributed by atoms with E-state index in [-0.39, 0.29) is 56.0 Å². The van der Waals surface area contributed by atoms with Gasteiger partial charge in [0, 0.05) is 51.5 Å². The second-order valence-electron chi connectivity index (χ2n) is 18.7. The topological polar surface area (TPSA) is 201 Å². The molecule has 3 aliphatic heterocycles. The number of Topliss-reactive ketones (excluding diaryl/α,β-unsaturated/α-hetero) is 1. The number of esters is 2. The second-order valence-corrected chi connectivity index (χ2v) is 18.7. The third kappa shape index (κ3) is 12.9. The smallest absolute Gasteiger partial charge is 0.311 e. The van der Waals surface area contributed by atoms with E-state index in [9.17, 15) is 29.7 Å². The SMILES string of the molecule is CC[C@H]1OC(=O)[C@H](C)[C@@H](O[C@H]2C[C@@](C)(OC)C(OC(=O)CCN(CC)CC)[C@H](C)O2)[C@H](C)[C@@H](O[C@@H]2O[C@H](C)C[C@H](NC)[C@H]2O)[C@](C)(OC)C[C@@H](C)C(=O)C[C@H](C)[C@@H](O)[C@]1(C)O. The minimum atomic E-state index is -1.91. The van der Waals surface area contributed by atoms with Crippen LogP contribution in [0.25, 0.3) is 0 Å². The van der Waals surface area contributed by atoms with Crippen LogP contribution in [0, 0.1) is 23.7 Å². The molecule has 0 aliphatic carbocycles. The van der Waals surface area contributed by atoms with Crippen LogP contribution in [0.3, 0.4) is 0 Å². The van der Waals surface area contributed by atoms with E-state index in [2.05, 4.69) is 10.2 Å². The van der Waals surface area contributed by atoms with Crippen LogP contribution in [-0.4, -0.2) is 163 Å². The lowest BCUT2D eigenvalue weighted by Gasteiger charge is -2.49. The summed E-state index contributed by atoms with van der Waals surface area (Å²) >= 11 is 0. The zero-order chi connectivity index (χ0) is 46.2. The van der Waals surface area contributed by atoms with Crippen molar-refractivity contribution in [2.24, 2.45) is 23.7 Å². The van der Waals surface area contributed by atoms with Gasteiger partial charge in [0.15, 0.2) is 18.7 Å². The van der Waals surface area contributed by atoms with Gasteiger partial charge in [-0.25, -0.2) is 0 Å². The zero-order valence-corrected chi connectivity index (χ0v) is 39.8. The number of rotatable bonds is 14. The minimum Gasteiger partial charge on any atom is -0.459 e. The predicted molar refractivity (Wildman–Crippen MR) is 227 cm³/mol. The number of nitrogens with one attached hydrogen (secondary N) is 1. The summed E-state index contributed by atoms with van der Waals surface area (Å²) in [5.74, 6) is -4.35. The summed E-state index contributed by atoms with van der Waals surface area (Å²) in [6.45, 7) is 23.7. The molecule has 16 nitrogen and oxygen atoms in total. The lowest BCUT2D eigenvalue weighted by Crippen LogP contribution is -2.61. The summed E-state index contributed by atoms with van der Waals surface area (Å²) in [6.07, 6.45) is -8.47. The largest absolute Gasteiger partial charge is 0.459 e. The van der Waals surface area contributed by atoms with Crippen molar-refractivity contribution in [2.45, 2.75) is 206 Å². The zero-order valence-electron chi connectivity index (χ0n) is 39.8. The Balaban J connectivity index is 2.15. The van der Waals surface area contributed by atoms with E-state index in [4.69, 9.17) is 37.9 Å². The highest BCUT2D eigenvalue weighted by molar-refractivity contribution is 5.81. The number of carbonyl (C=O) groups excluding carboxylic acids is 3. The van der Waals surface area contributed by atoms with Crippen molar-refractivity contribution in [3.8, 4) is 0 Å². The van der Waals surface area contributed by atoms with Gasteiger partial charge in [0.25, 0.3) is 0 Å². The number of ether oxygens (including phenoxy) is 8. The van der Waals surface area contributed by atoms with Gasteiger partial charge >= 0.3 is 11.9 Å². The number of aliphatic hydroxyl groups excluding tert-OH is 2. The monoisotopic (exact) mass is 875 g/mol. The summed E-state index contributed by atoms with van der Waals surface area (Å²) in [7, 11) is 4.82. The first-order valence-electron chi connectivity index (χ1n) is 22.6. The normalized spacial score (nSPS) is 43.6. The molecule has 4 N–H and O–H groups in total. The number of methoxy groups -OCH3 is 2. The molecule has 0 aromatic carbocycles. The van der Waals surface area contributed by atoms with Gasteiger partial charge in [0.1, 0.15) is 29.2 Å². The number of likely N-dealkylation sites (N-methyl/N-ethyl adjacent to an activating group) is 1. The van der Waals surface area contributed by atoms with Gasteiger partial charge in [-0.1, -0.05) is 41.5 Å². The van der Waals surface area contributed by atoms with Gasteiger partial charge in [-0.2, -0.15) is 0 Å². The number of nitrogens with zero attached hydrogens (tertiary/aromatic N) is 1. The molecule has 16 heteroatoms. The Hall–Kier alpha value is -1.83. The standard InChI is InChI=1S/C45H82N2O14/c1-16-33-45(12,53)38(51)25(4)21-32(48)26(5)23-43(10,54-14)39(61-42-36(50)31(46-13)22-27(6)56-42)28(7)37(29(8)41(52)58-33)60-35-24-44(11,55-15)40(30(9)57-35)59-34(49)19-20-47(17-2)18-3/h25-31,33,35-40,42,46,50-51,53H,16-24H2,1-15H3/t25-,26+,27+,28-,29+,30-,31-,33+,35-,36+,37-,38+,39+,40?,42-,43+,44+,45+/m0/s1. The van der Waals surface area contributed by atoms with Crippen molar-refractivity contribution >= 4 is 17.7 Å². The van der Waals surface area contributed by atoms with Crippen molar-refractivity contribution in [1.29, 1.82) is 0 Å². The van der Waals surface area contributed by atoms with Crippen LogP contribution in [0.2, 0.25) is 0 Å². The van der Waals surface area contributed by atoms with Crippen LogP contribution in [0.1, 0.15) is 122 Å². The summed E-state index contributed by atoms with van der Waals surface area (Å²) in [6, 6.07) is -0.351. The van der Waals surface area contributed by atoms with Crippen LogP contribution >= 0.6 is 0 Å². The molecule has 356 valence electrons. The highest BCUT2D eigenvalue weighted by Crippen LogP contribution is 2.42. The van der Waals surface area contributed by atoms with Gasteiger partial charge in [-0.15, -0.1) is 0 Å². The first kappa shape index (κ1) is 53.5. The summed E-state index contributed by atoms with van der Waals surface area (Å²) in [5.41, 5.74) is -4.22. The van der Waals surface area contributed by atoms with Crippen LogP contribution in [0.4, 0.5) is 0 Å². The molecule has 3 aliphatic rings. The fraction of sp³-hybridized carbons (Fsp3) is 0.933. The van der Waals surface area contributed by atoms with E-state index in [1.807, 2.05) is 41.5 Å². The van der Waals surface area contributed by atoms with Crippen molar-refractivity contribution < 1.29 is 67.6 Å². The molecule has 0 spiro atoms. The van der Waals surface area contributed by atoms with Gasteiger partial charge in [0.05, 0.1) is 48.5 Å². The summed E-state index contributed by atoms with van der Waals surface area (Å²) in [4.78, 5) is 43.7. The minimum absolute atomic E-state index is 0.0562. The van der Waals surface area contributed by atoms with Crippen molar-refractivity contribution in [2.75, 3.05) is 40.9 Å². The first-order valence-corrected chi connectivity index (χ1v) is 22.6. The number of ketones is 1. The molecular formula is C45H82N2O14. The summed E-state index contributed by atoms with van der Waals surface area (Å²) < 4.78 is 51.0. The number of hydrogen-bond acceptors (Lipinski definition) is 16. The average Bonchev–Trinajstić information content (AvgIpc) is 3.22. The fourth-order valence-electron chi connectivity index (χ4n) is 9.69. The van der Waals surface area contributed by atoms with E-state index in [0.29, 0.717) is 13.0 Å². The van der Waals surface area contributed by atoms with Crippen LogP contribution in [0.15, 0.2) is 0 Å². The molecule has 3 saturated heterocycles. The quantitative estimate of drug-likeness (QED) is 0.184. The molecule has 3 heterocycles. The van der Waals surface area contributed by atoms with Gasteiger partial charge in [-0.3, -0.25) is 14.4 Å². The molecule has 3 fully saturated rings. The molecule has 1 unspecified atom stereocenters. The van der Waals surface area contributed by atoms with Crippen molar-refractivity contribution in [3.63, 3.8) is 0 Å². The van der Waals surface area contributed by atoms with E-state index in [1.54, 1.807) is 41.7 Å². The second kappa shape index (κ2) is 22.9. The maximum absolute atomic E-state index is 14.5. The number of carbonyl (C=O) groups is 3. The van der Waals surface area contributed by atoms with E-state index in [0.717, 1.165) is 13.1 Å². The average molecular weight is 875 g/mol. The molecular weight excluding hydrogens is 792 g/mol. The highest BCUT2D eigenvalue weighted by atomic mass is 16.7. The Kier molecular flexibility index (Phi) is 20.1. The van der Waals surface area contributed by atoms with E-state index in [1.165, 1.54) is 21.1 Å². The molecule has 0 bridgehead atoms. The van der Waals surface area contributed by atoms with E-state index < -0.39 is 102 Å². The van der Waals surface area contributed by atoms with Crippen molar-refractivity contribution in [1.82, 2.24) is 10.2 Å². The molecule has 3 rings (SSSR count). The van der Waals surface area contributed by atoms with Crippen LogP contribution in [0.5, 0.6) is 0 Å². The Labute approximate surface area is 365 Å². The molecule has 0 aromatic rings. The lowest BCUT2D eigenvalue weighted by atomic mass is 9.76. The fourth-order valence-corrected chi connectivity index (χ4v) is 9.69. The molecule has 61 heavy (non-hydrogen) atoms. The van der Waals surface area contributed by atoms with Gasteiger partial charge in [0.2, 0.25) is 0 Å². The molecule has 0 aromatic heterocycles. The Bertz CT molecular complexity index is 1400. The Morgan fingerprint density at radius 2 is 1.51 bits per heavy atom. The number of hydrogen-bond donors (Lipinski definition) is 4. The van der Waals surface area contributed by atoms with E-state index >= 15 is 0 Å². The molecule has 0 saturated carbocycles. The van der Waals surface area contributed by atoms with Gasteiger partial charge < -0.3 is 63.4 Å². The van der Waals surface area contributed by atoms with Crippen LogP contribution in [-0.2, 0) is 52.3 Å². The third-order valence-electron chi connectivity index (χ3n) is 14.0. The first-order chi connectivity index (χ1) is 28.5. The molecule has 18 atom stereocenters. The Morgan fingerprint density at radius 3 is 2.07 bits per heavy atom. The number of aliphatic hydroxyl groups is 3. The highest BCUT2D eigenvalue weighted by Gasteiger charge is 2.54. The maximum Gasteiger partial charge on any atom is 0.311 e. The van der Waals surface area contributed by atoms with Crippen molar-refractivity contribution in [3.05, 3.63) is 0 Å². The molecule has 0 radical (unpaired) electrons. The maximum atomic E-state index is 14.5.